The fraction of sp³-hybridized carbons (Fsp3) is 0.286. The van der Waals surface area contributed by atoms with Crippen LogP contribution in [0.3, 0.4) is 0 Å². The van der Waals surface area contributed by atoms with E-state index in [-0.39, 0.29) is 18.2 Å². The van der Waals surface area contributed by atoms with Crippen LogP contribution in [0.25, 0.3) is 0 Å². The maximum absolute atomic E-state index is 11.1. The Morgan fingerprint density at radius 1 is 1.36 bits per heavy atom. The first-order valence-corrected chi connectivity index (χ1v) is 5.34. The van der Waals surface area contributed by atoms with E-state index in [4.69, 9.17) is 0 Å². The third-order valence-corrected chi connectivity index (χ3v) is 2.37. The summed E-state index contributed by atoms with van der Waals surface area (Å²) in [6.45, 7) is 0. The molecule has 1 heterocycles. The fourth-order valence-electron chi connectivity index (χ4n) is 0.676. The zero-order valence-corrected chi connectivity index (χ0v) is 7.98. The lowest BCUT2D eigenvalue weighted by atomic mass is 10.6. The van der Waals surface area contributed by atoms with Crippen molar-refractivity contribution in [2.24, 2.45) is 0 Å². The molecule has 1 aromatic heterocycles. The highest BCUT2D eigenvalue weighted by Crippen LogP contribution is 2.03. The highest BCUT2D eigenvalue weighted by Gasteiger charge is 2.13. The molecular weight excluding hydrogens is 208 g/mol. The van der Waals surface area contributed by atoms with Crippen LogP contribution in [0.4, 0.5) is 0 Å². The van der Waals surface area contributed by atoms with Crippen molar-refractivity contribution in [3.8, 4) is 6.01 Å². The average Bonchev–Trinajstić information content (AvgIpc) is 2.16. The molecule has 0 spiro atoms. The lowest BCUT2D eigenvalue weighted by molar-refractivity contribution is -0.107. The quantitative estimate of drug-likeness (QED) is 0.499. The number of carbonyl (C=O) groups is 1. The summed E-state index contributed by atoms with van der Waals surface area (Å²) >= 11 is 0. The molecule has 0 aliphatic carbocycles. The average molecular weight is 216 g/mol. The SMILES string of the molecule is O=CCCS(=O)(=O)Oc1ncccn1. The van der Waals surface area contributed by atoms with E-state index in [0.29, 0.717) is 6.29 Å². The van der Waals surface area contributed by atoms with E-state index in [0.717, 1.165) is 0 Å². The summed E-state index contributed by atoms with van der Waals surface area (Å²) < 4.78 is 26.7. The number of hydrogen-bond acceptors (Lipinski definition) is 6. The van der Waals surface area contributed by atoms with Gasteiger partial charge in [-0.05, 0) is 6.07 Å². The Kier molecular flexibility index (Phi) is 3.52. The fourth-order valence-corrected chi connectivity index (χ4v) is 1.46. The molecule has 0 atom stereocenters. The first-order valence-electron chi connectivity index (χ1n) is 3.77. The van der Waals surface area contributed by atoms with Crippen LogP contribution in [-0.4, -0.2) is 30.4 Å². The number of carbonyl (C=O) groups excluding carboxylic acids is 1. The van der Waals surface area contributed by atoms with Gasteiger partial charge in [0, 0.05) is 18.8 Å². The van der Waals surface area contributed by atoms with Crippen LogP contribution < -0.4 is 4.18 Å². The van der Waals surface area contributed by atoms with Crippen molar-refractivity contribution in [1.29, 1.82) is 0 Å². The van der Waals surface area contributed by atoms with Gasteiger partial charge >= 0.3 is 16.1 Å². The van der Waals surface area contributed by atoms with Gasteiger partial charge in [0.2, 0.25) is 0 Å². The summed E-state index contributed by atoms with van der Waals surface area (Å²) in [4.78, 5) is 17.1. The Morgan fingerprint density at radius 3 is 2.57 bits per heavy atom. The number of rotatable bonds is 5. The van der Waals surface area contributed by atoms with E-state index in [9.17, 15) is 13.2 Å². The van der Waals surface area contributed by atoms with Gasteiger partial charge in [-0.1, -0.05) is 0 Å². The Hall–Kier alpha value is -1.50. The first-order chi connectivity index (χ1) is 6.64. The van der Waals surface area contributed by atoms with Gasteiger partial charge in [0.25, 0.3) is 0 Å². The molecule has 1 rings (SSSR count). The van der Waals surface area contributed by atoms with E-state index in [1.54, 1.807) is 0 Å². The standard InChI is InChI=1S/C7H8N2O4S/c10-5-2-6-14(11,12)13-7-8-3-1-4-9-7/h1,3-5H,2,6H2. The highest BCUT2D eigenvalue weighted by molar-refractivity contribution is 7.87. The summed E-state index contributed by atoms with van der Waals surface area (Å²) in [5.74, 6) is -0.366. The molecule has 0 aromatic carbocycles. The lowest BCUT2D eigenvalue weighted by Crippen LogP contribution is -2.15. The van der Waals surface area contributed by atoms with Gasteiger partial charge in [-0.15, -0.1) is 0 Å². The van der Waals surface area contributed by atoms with Crippen LogP contribution in [-0.2, 0) is 14.9 Å². The second-order valence-electron chi connectivity index (χ2n) is 2.33. The second kappa shape index (κ2) is 4.66. The van der Waals surface area contributed by atoms with Crippen LogP contribution in [0.2, 0.25) is 0 Å². The zero-order valence-electron chi connectivity index (χ0n) is 7.16. The monoisotopic (exact) mass is 216 g/mol. The first kappa shape index (κ1) is 10.6. The maximum Gasteiger partial charge on any atom is 0.332 e. The van der Waals surface area contributed by atoms with E-state index >= 15 is 0 Å². The molecule has 0 N–H and O–H groups in total. The van der Waals surface area contributed by atoms with Gasteiger partial charge < -0.3 is 8.98 Å². The van der Waals surface area contributed by atoms with Crippen LogP contribution in [0.1, 0.15) is 6.42 Å². The Labute approximate surface area is 81.1 Å². The number of nitrogens with zero attached hydrogens (tertiary/aromatic N) is 2. The third kappa shape index (κ3) is 3.48. The van der Waals surface area contributed by atoms with Gasteiger partial charge in [0.05, 0.1) is 5.75 Å². The summed E-state index contributed by atoms with van der Waals surface area (Å²) in [5.41, 5.74) is 0. The molecule has 1 aromatic rings. The second-order valence-corrected chi connectivity index (χ2v) is 4.02. The van der Waals surface area contributed by atoms with Crippen molar-refractivity contribution in [2.45, 2.75) is 6.42 Å². The van der Waals surface area contributed by atoms with Gasteiger partial charge in [-0.3, -0.25) is 0 Å². The molecule has 0 aliphatic rings. The van der Waals surface area contributed by atoms with E-state index < -0.39 is 10.1 Å². The molecule has 0 radical (unpaired) electrons. The predicted molar refractivity (Wildman–Crippen MR) is 47.1 cm³/mol. The summed E-state index contributed by atoms with van der Waals surface area (Å²) in [6.07, 6.45) is 3.12. The van der Waals surface area contributed by atoms with Gasteiger partial charge in [0.15, 0.2) is 0 Å². The van der Waals surface area contributed by atoms with E-state index in [1.165, 1.54) is 18.5 Å². The molecule has 0 unspecified atom stereocenters. The molecule has 0 bridgehead atoms. The minimum atomic E-state index is -3.75. The molecule has 6 nitrogen and oxygen atoms in total. The molecule has 0 saturated heterocycles. The minimum absolute atomic E-state index is 0.102. The molecule has 0 amide bonds. The molecule has 76 valence electrons. The normalized spacial score (nSPS) is 10.9. The number of aromatic nitrogens is 2. The number of hydrogen-bond donors (Lipinski definition) is 0. The zero-order chi connectivity index (χ0) is 10.4. The smallest absolute Gasteiger partial charge is 0.332 e. The minimum Gasteiger partial charge on any atom is -0.343 e. The van der Waals surface area contributed by atoms with Crippen LogP contribution in [0, 0.1) is 0 Å². The highest BCUT2D eigenvalue weighted by atomic mass is 32.2. The van der Waals surface area contributed by atoms with Crippen molar-refractivity contribution in [2.75, 3.05) is 5.75 Å². The van der Waals surface area contributed by atoms with E-state index in [2.05, 4.69) is 14.2 Å². The Balaban J connectivity index is 2.64. The van der Waals surface area contributed by atoms with Crippen LogP contribution >= 0.6 is 0 Å². The molecule has 0 aliphatic heterocycles. The Morgan fingerprint density at radius 2 is 2.00 bits per heavy atom. The molecule has 14 heavy (non-hydrogen) atoms. The topological polar surface area (TPSA) is 86.2 Å². The van der Waals surface area contributed by atoms with Crippen LogP contribution in [0.15, 0.2) is 18.5 Å². The predicted octanol–water partition coefficient (Wildman–Crippen LogP) is -0.226. The summed E-state index contributed by atoms with van der Waals surface area (Å²) in [6, 6.07) is 1.30. The summed E-state index contributed by atoms with van der Waals surface area (Å²) in [5, 5.41) is 0. The van der Waals surface area contributed by atoms with E-state index in [1.807, 2.05) is 0 Å². The summed E-state index contributed by atoms with van der Waals surface area (Å²) in [7, 11) is -3.75. The van der Waals surface area contributed by atoms with Gasteiger partial charge in [-0.2, -0.15) is 8.42 Å². The van der Waals surface area contributed by atoms with Crippen LogP contribution in [0.5, 0.6) is 6.01 Å². The third-order valence-electron chi connectivity index (χ3n) is 1.23. The lowest BCUT2D eigenvalue weighted by Gasteiger charge is -2.01. The molecule has 0 saturated carbocycles. The number of aldehydes is 1. The van der Waals surface area contributed by atoms with Crippen molar-refractivity contribution in [3.05, 3.63) is 18.5 Å². The maximum atomic E-state index is 11.1. The van der Waals surface area contributed by atoms with Crippen molar-refractivity contribution < 1.29 is 17.4 Å². The Bertz CT molecular complexity index is 389. The molecule has 7 heteroatoms. The molecular formula is C7H8N2O4S. The van der Waals surface area contributed by atoms with Crippen molar-refractivity contribution in [1.82, 2.24) is 9.97 Å². The van der Waals surface area contributed by atoms with Crippen molar-refractivity contribution >= 4 is 16.4 Å². The van der Waals surface area contributed by atoms with Gasteiger partial charge in [-0.25, -0.2) is 9.97 Å². The van der Waals surface area contributed by atoms with Crippen molar-refractivity contribution in [3.63, 3.8) is 0 Å². The molecule has 0 fully saturated rings. The van der Waals surface area contributed by atoms with Gasteiger partial charge in [0.1, 0.15) is 6.29 Å². The largest absolute Gasteiger partial charge is 0.343 e.